The molecule has 0 saturated heterocycles. The fourth-order valence-electron chi connectivity index (χ4n) is 1.42. The van der Waals surface area contributed by atoms with E-state index >= 15 is 0 Å². The smallest absolute Gasteiger partial charge is 0.358 e. The average molecular weight is 516 g/mol. The van der Waals surface area contributed by atoms with Gasteiger partial charge in [0.25, 0.3) is 5.91 Å². The molecular formula is C14H18Br2F2N6O3. The number of halogens is 4. The number of aromatic nitrogens is 2. The minimum Gasteiger partial charge on any atom is -0.464 e. The SMILES string of the molecule is C.COC(=O)c1nc(Br)c(F)cc1N.N.NC(=O)c1nc(Br)c(F)cc1N. The number of amides is 1. The lowest BCUT2D eigenvalue weighted by atomic mass is 10.3. The van der Waals surface area contributed by atoms with Crippen LogP contribution in [0.5, 0.6) is 0 Å². The first-order valence-electron chi connectivity index (χ1n) is 6.19. The van der Waals surface area contributed by atoms with Crippen LogP contribution in [0.15, 0.2) is 21.3 Å². The second-order valence-corrected chi connectivity index (χ2v) is 5.76. The van der Waals surface area contributed by atoms with Crippen LogP contribution in [-0.2, 0) is 4.74 Å². The number of primary amides is 1. The lowest BCUT2D eigenvalue weighted by Gasteiger charge is -2.03. The summed E-state index contributed by atoms with van der Waals surface area (Å²) in [5, 5.41) is 0. The maximum atomic E-state index is 12.8. The van der Waals surface area contributed by atoms with Gasteiger partial charge in [0.15, 0.2) is 23.0 Å². The predicted molar refractivity (Wildman–Crippen MR) is 104 cm³/mol. The second kappa shape index (κ2) is 11.4. The number of hydrogen-bond donors (Lipinski definition) is 4. The third-order valence-corrected chi connectivity index (χ3v) is 3.65. The number of anilines is 2. The van der Waals surface area contributed by atoms with Gasteiger partial charge in [-0.2, -0.15) is 0 Å². The maximum absolute atomic E-state index is 12.8. The molecule has 0 fully saturated rings. The quantitative estimate of drug-likeness (QED) is 0.347. The first-order valence-corrected chi connectivity index (χ1v) is 7.78. The fourth-order valence-corrected chi connectivity index (χ4v) is 2.00. The van der Waals surface area contributed by atoms with Crippen molar-refractivity contribution < 1.29 is 23.1 Å². The minimum atomic E-state index is -0.784. The van der Waals surface area contributed by atoms with E-state index in [0.717, 1.165) is 12.1 Å². The van der Waals surface area contributed by atoms with Crippen molar-refractivity contribution in [2.75, 3.05) is 18.6 Å². The molecule has 2 rings (SSSR count). The molecule has 150 valence electrons. The Bertz CT molecular complexity index is 839. The summed E-state index contributed by atoms with van der Waals surface area (Å²) in [6.45, 7) is 0. The Labute approximate surface area is 170 Å². The zero-order valence-corrected chi connectivity index (χ0v) is 16.4. The molecule has 13 heteroatoms. The van der Waals surface area contributed by atoms with Crippen molar-refractivity contribution in [1.29, 1.82) is 0 Å². The van der Waals surface area contributed by atoms with Crippen LogP contribution in [0, 0.1) is 11.6 Å². The van der Waals surface area contributed by atoms with E-state index in [1.54, 1.807) is 0 Å². The van der Waals surface area contributed by atoms with Gasteiger partial charge in [-0.05, 0) is 31.9 Å². The Morgan fingerprint density at radius 3 is 1.74 bits per heavy atom. The number of carbonyl (C=O) groups excluding carboxylic acids is 2. The number of ether oxygens (including phenoxy) is 1. The van der Waals surface area contributed by atoms with E-state index < -0.39 is 23.5 Å². The molecule has 0 saturated carbocycles. The van der Waals surface area contributed by atoms with Crippen molar-refractivity contribution in [3.8, 4) is 0 Å². The summed E-state index contributed by atoms with van der Waals surface area (Å²) in [6, 6.07) is 1.99. The summed E-state index contributed by atoms with van der Waals surface area (Å²) < 4.78 is 29.7. The van der Waals surface area contributed by atoms with Gasteiger partial charge in [-0.3, -0.25) is 4.79 Å². The number of nitrogen functional groups attached to an aromatic ring is 2. The Morgan fingerprint density at radius 1 is 1.00 bits per heavy atom. The van der Waals surface area contributed by atoms with Gasteiger partial charge in [0.1, 0.15) is 9.21 Å². The molecule has 27 heavy (non-hydrogen) atoms. The number of methoxy groups -OCH3 is 1. The summed E-state index contributed by atoms with van der Waals surface area (Å²) in [5.41, 5.74) is 15.2. The van der Waals surface area contributed by atoms with E-state index in [9.17, 15) is 18.4 Å². The zero-order valence-electron chi connectivity index (χ0n) is 13.2. The third-order valence-electron chi connectivity index (χ3n) is 2.54. The molecule has 0 atom stereocenters. The molecular weight excluding hydrogens is 498 g/mol. The van der Waals surface area contributed by atoms with E-state index in [1.807, 2.05) is 0 Å². The van der Waals surface area contributed by atoms with E-state index in [2.05, 4.69) is 46.6 Å². The summed E-state index contributed by atoms with van der Waals surface area (Å²) >= 11 is 5.63. The molecule has 0 radical (unpaired) electrons. The normalized spacial score (nSPS) is 9.07. The highest BCUT2D eigenvalue weighted by molar-refractivity contribution is 9.10. The number of carbonyl (C=O) groups is 2. The van der Waals surface area contributed by atoms with Crippen LogP contribution in [-0.4, -0.2) is 29.0 Å². The molecule has 2 aromatic heterocycles. The summed E-state index contributed by atoms with van der Waals surface area (Å²) in [5.74, 6) is -2.73. The molecule has 0 aliphatic carbocycles. The molecule has 0 aliphatic rings. The summed E-state index contributed by atoms with van der Waals surface area (Å²) in [7, 11) is 1.20. The molecule has 9 nitrogen and oxygen atoms in total. The molecule has 9 N–H and O–H groups in total. The van der Waals surface area contributed by atoms with Crippen molar-refractivity contribution >= 4 is 55.1 Å². The predicted octanol–water partition coefficient (Wildman–Crippen LogP) is 2.81. The van der Waals surface area contributed by atoms with Gasteiger partial charge in [-0.15, -0.1) is 0 Å². The topological polar surface area (TPSA) is 182 Å². The highest BCUT2D eigenvalue weighted by Gasteiger charge is 2.15. The second-order valence-electron chi connectivity index (χ2n) is 4.25. The van der Waals surface area contributed by atoms with Crippen molar-refractivity contribution in [3.63, 3.8) is 0 Å². The van der Waals surface area contributed by atoms with Gasteiger partial charge in [-0.25, -0.2) is 23.5 Å². The monoisotopic (exact) mass is 514 g/mol. The van der Waals surface area contributed by atoms with E-state index in [1.165, 1.54) is 7.11 Å². The molecule has 2 heterocycles. The molecule has 0 spiro atoms. The van der Waals surface area contributed by atoms with Gasteiger partial charge in [0, 0.05) is 12.1 Å². The van der Waals surface area contributed by atoms with Gasteiger partial charge < -0.3 is 28.1 Å². The minimum absolute atomic E-state index is 0. The van der Waals surface area contributed by atoms with Crippen molar-refractivity contribution in [2.45, 2.75) is 7.43 Å². The molecule has 0 unspecified atom stereocenters. The number of pyridine rings is 2. The van der Waals surface area contributed by atoms with E-state index in [-0.39, 0.29) is 45.5 Å². The van der Waals surface area contributed by atoms with Crippen molar-refractivity contribution in [1.82, 2.24) is 16.1 Å². The van der Waals surface area contributed by atoms with Crippen LogP contribution in [0.25, 0.3) is 0 Å². The number of nitrogens with zero attached hydrogens (tertiary/aromatic N) is 2. The summed E-state index contributed by atoms with van der Waals surface area (Å²) in [4.78, 5) is 28.7. The molecule has 0 bridgehead atoms. The van der Waals surface area contributed by atoms with E-state index in [0.29, 0.717) is 0 Å². The van der Waals surface area contributed by atoms with Crippen LogP contribution in [0.1, 0.15) is 28.4 Å². The van der Waals surface area contributed by atoms with Crippen LogP contribution in [0.2, 0.25) is 0 Å². The van der Waals surface area contributed by atoms with Crippen LogP contribution < -0.4 is 23.4 Å². The molecule has 1 amide bonds. The standard InChI is InChI=1S/C7H6BrFN2O2.C6H5BrFN3O.CH4.H3N/c1-13-7(12)5-4(10)2-3(9)6(8)11-5;7-5-2(8)1-3(9)4(11-5)6(10)12;;/h2H,10H2,1H3;1H,9H2,(H2,10,12);1H4;1H3. The molecule has 0 aromatic carbocycles. The lowest BCUT2D eigenvalue weighted by molar-refractivity contribution is 0.0595. The third kappa shape index (κ3) is 7.03. The zero-order chi connectivity index (χ0) is 19.3. The summed E-state index contributed by atoms with van der Waals surface area (Å²) in [6.07, 6.45) is 0. The fraction of sp³-hybridized carbons (Fsp3) is 0.143. The Balaban J connectivity index is 0. The highest BCUT2D eigenvalue weighted by atomic mass is 79.9. The Morgan fingerprint density at radius 2 is 1.37 bits per heavy atom. The Hall–Kier alpha value is -2.38. The maximum Gasteiger partial charge on any atom is 0.358 e. The van der Waals surface area contributed by atoms with Gasteiger partial charge in [0.05, 0.1) is 18.5 Å². The molecule has 0 aliphatic heterocycles. The number of hydrogen-bond acceptors (Lipinski definition) is 8. The first-order chi connectivity index (χ1) is 11.6. The van der Waals surface area contributed by atoms with Gasteiger partial charge >= 0.3 is 5.97 Å². The van der Waals surface area contributed by atoms with Crippen LogP contribution in [0.4, 0.5) is 20.2 Å². The number of rotatable bonds is 2. The highest BCUT2D eigenvalue weighted by Crippen LogP contribution is 2.19. The average Bonchev–Trinajstić information content (AvgIpc) is 2.54. The Kier molecular flexibility index (Phi) is 11.3. The molecule has 2 aromatic rings. The largest absolute Gasteiger partial charge is 0.464 e. The van der Waals surface area contributed by atoms with E-state index in [4.69, 9.17) is 17.2 Å². The van der Waals surface area contributed by atoms with Gasteiger partial charge in [-0.1, -0.05) is 7.43 Å². The van der Waals surface area contributed by atoms with Crippen LogP contribution in [0.3, 0.4) is 0 Å². The van der Waals surface area contributed by atoms with Gasteiger partial charge in [0.2, 0.25) is 0 Å². The lowest BCUT2D eigenvalue weighted by Crippen LogP contribution is -2.16. The van der Waals surface area contributed by atoms with Crippen molar-refractivity contribution in [2.24, 2.45) is 5.73 Å². The first kappa shape index (κ1) is 26.8. The van der Waals surface area contributed by atoms with Crippen LogP contribution >= 0.6 is 31.9 Å². The van der Waals surface area contributed by atoms with Crippen molar-refractivity contribution in [3.05, 3.63) is 44.4 Å². The number of esters is 1. The number of nitrogens with two attached hydrogens (primary N) is 3.